The number of carbonyl (C=O) groups excluding carboxylic acids is 1. The van der Waals surface area contributed by atoms with Gasteiger partial charge in [0.05, 0.1) is 10.9 Å². The van der Waals surface area contributed by atoms with Crippen LogP contribution in [0, 0.1) is 0 Å². The number of amides is 1. The third-order valence-corrected chi connectivity index (χ3v) is 3.82. The summed E-state index contributed by atoms with van der Waals surface area (Å²) in [5.41, 5.74) is 0.759. The van der Waals surface area contributed by atoms with E-state index in [4.69, 9.17) is 11.6 Å². The molecular formula is C12H14ClN5OS. The molecule has 0 spiro atoms. The first-order valence-corrected chi connectivity index (χ1v) is 7.17. The molecule has 20 heavy (non-hydrogen) atoms. The first-order valence-electron chi connectivity index (χ1n) is 5.91. The number of benzene rings is 1. The lowest BCUT2D eigenvalue weighted by Crippen LogP contribution is -2.29. The highest BCUT2D eigenvalue weighted by Gasteiger charge is 2.20. The lowest BCUT2D eigenvalue weighted by Gasteiger charge is -2.15. The minimum atomic E-state index is -0.270. The highest BCUT2D eigenvalue weighted by atomic mass is 35.5. The molecule has 1 aromatic carbocycles. The van der Waals surface area contributed by atoms with Crippen LogP contribution in [0.25, 0.3) is 5.69 Å². The largest absolute Gasteiger partial charge is 0.348 e. The quantitative estimate of drug-likeness (QED) is 0.807. The summed E-state index contributed by atoms with van der Waals surface area (Å²) < 4.78 is 1.57. The first kappa shape index (κ1) is 14.8. The van der Waals surface area contributed by atoms with Crippen LogP contribution in [0.2, 0.25) is 5.02 Å². The molecule has 1 aromatic heterocycles. The molecule has 8 heteroatoms. The van der Waals surface area contributed by atoms with E-state index >= 15 is 0 Å². The second-order valence-corrected chi connectivity index (χ2v) is 6.09. The number of hydrogen-bond donors (Lipinski definition) is 0. The van der Waals surface area contributed by atoms with Gasteiger partial charge < -0.3 is 4.90 Å². The number of halogens is 1. The van der Waals surface area contributed by atoms with Gasteiger partial charge in [-0.1, -0.05) is 29.4 Å². The summed E-state index contributed by atoms with van der Waals surface area (Å²) in [5, 5.41) is 12.4. The Morgan fingerprint density at radius 1 is 1.45 bits per heavy atom. The molecule has 1 amide bonds. The Balaban J connectivity index is 2.23. The number of hydrogen-bond acceptors (Lipinski definition) is 5. The fourth-order valence-corrected chi connectivity index (χ4v) is 2.73. The van der Waals surface area contributed by atoms with Crippen molar-refractivity contribution in [2.24, 2.45) is 0 Å². The van der Waals surface area contributed by atoms with Crippen LogP contribution in [-0.4, -0.2) is 50.4 Å². The number of carbonyl (C=O) groups is 1. The molecule has 106 valence electrons. The standard InChI is InChI=1S/C12H14ClN5OS/c1-8(11(19)17(2)3)20-12-14-15-16-18(12)10-6-4-5-9(13)7-10/h4-8H,1-3H3/t8-/m0/s1. The predicted molar refractivity (Wildman–Crippen MR) is 78.2 cm³/mol. The van der Waals surface area contributed by atoms with Crippen LogP contribution in [0.1, 0.15) is 6.92 Å². The van der Waals surface area contributed by atoms with Crippen molar-refractivity contribution in [2.45, 2.75) is 17.3 Å². The van der Waals surface area contributed by atoms with Crippen LogP contribution >= 0.6 is 23.4 Å². The van der Waals surface area contributed by atoms with Gasteiger partial charge in [-0.15, -0.1) is 5.10 Å². The summed E-state index contributed by atoms with van der Waals surface area (Å²) in [7, 11) is 3.44. The molecule has 0 bridgehead atoms. The number of nitrogens with zero attached hydrogens (tertiary/aromatic N) is 5. The molecule has 1 heterocycles. The highest BCUT2D eigenvalue weighted by molar-refractivity contribution is 8.00. The molecule has 0 unspecified atom stereocenters. The smallest absolute Gasteiger partial charge is 0.235 e. The third-order valence-electron chi connectivity index (χ3n) is 2.56. The molecule has 2 aromatic rings. The van der Waals surface area contributed by atoms with Gasteiger partial charge in [0.15, 0.2) is 0 Å². The van der Waals surface area contributed by atoms with Crippen molar-refractivity contribution in [1.82, 2.24) is 25.1 Å². The zero-order valence-electron chi connectivity index (χ0n) is 11.3. The zero-order valence-corrected chi connectivity index (χ0v) is 12.9. The molecule has 0 aliphatic carbocycles. The molecule has 0 saturated heterocycles. The maximum absolute atomic E-state index is 11.9. The fraction of sp³-hybridized carbons (Fsp3) is 0.333. The predicted octanol–water partition coefficient (Wildman–Crippen LogP) is 1.88. The van der Waals surface area contributed by atoms with E-state index in [0.717, 1.165) is 5.69 Å². The average molecular weight is 312 g/mol. The average Bonchev–Trinajstić information content (AvgIpc) is 2.85. The number of thioether (sulfide) groups is 1. The van der Waals surface area contributed by atoms with Crippen molar-refractivity contribution in [1.29, 1.82) is 0 Å². The summed E-state index contributed by atoms with van der Waals surface area (Å²) in [4.78, 5) is 13.4. The van der Waals surface area contributed by atoms with Crippen LogP contribution in [-0.2, 0) is 4.79 Å². The minimum absolute atomic E-state index is 0.00986. The number of rotatable bonds is 4. The van der Waals surface area contributed by atoms with Crippen LogP contribution in [0.3, 0.4) is 0 Å². The fourth-order valence-electron chi connectivity index (χ4n) is 1.59. The Morgan fingerprint density at radius 2 is 2.20 bits per heavy atom. The topological polar surface area (TPSA) is 63.9 Å². The molecule has 0 aliphatic rings. The van der Waals surface area contributed by atoms with E-state index in [1.54, 1.807) is 35.8 Å². The summed E-state index contributed by atoms with van der Waals surface area (Å²) in [6.45, 7) is 1.82. The van der Waals surface area contributed by atoms with Gasteiger partial charge in [-0.2, -0.15) is 4.68 Å². The second kappa shape index (κ2) is 6.23. The maximum atomic E-state index is 11.9. The van der Waals surface area contributed by atoms with Crippen molar-refractivity contribution >= 4 is 29.3 Å². The summed E-state index contributed by atoms with van der Waals surface area (Å²) >= 11 is 7.27. The third kappa shape index (κ3) is 3.29. The first-order chi connectivity index (χ1) is 9.49. The SMILES string of the molecule is C[C@H](Sc1nnnn1-c1cccc(Cl)c1)C(=O)N(C)C. The Labute approximate surface area is 126 Å². The van der Waals surface area contributed by atoms with Crippen molar-refractivity contribution in [2.75, 3.05) is 14.1 Å². The molecule has 0 fully saturated rings. The van der Waals surface area contributed by atoms with Gasteiger partial charge in [0, 0.05) is 19.1 Å². The number of tetrazole rings is 1. The molecule has 0 saturated carbocycles. The Kier molecular flexibility index (Phi) is 4.61. The van der Waals surface area contributed by atoms with E-state index in [2.05, 4.69) is 15.5 Å². The van der Waals surface area contributed by atoms with Gasteiger partial charge in [0.2, 0.25) is 11.1 Å². The van der Waals surface area contributed by atoms with E-state index in [0.29, 0.717) is 10.2 Å². The second-order valence-electron chi connectivity index (χ2n) is 4.35. The van der Waals surface area contributed by atoms with E-state index in [9.17, 15) is 4.79 Å². The van der Waals surface area contributed by atoms with Gasteiger partial charge in [-0.3, -0.25) is 4.79 Å². The molecule has 0 N–H and O–H groups in total. The minimum Gasteiger partial charge on any atom is -0.348 e. The van der Waals surface area contributed by atoms with Crippen LogP contribution in [0.5, 0.6) is 0 Å². The lowest BCUT2D eigenvalue weighted by molar-refractivity contribution is -0.127. The molecule has 6 nitrogen and oxygen atoms in total. The zero-order chi connectivity index (χ0) is 14.7. The monoisotopic (exact) mass is 311 g/mol. The van der Waals surface area contributed by atoms with Crippen LogP contribution in [0.4, 0.5) is 0 Å². The maximum Gasteiger partial charge on any atom is 0.235 e. The van der Waals surface area contributed by atoms with Gasteiger partial charge in [0.25, 0.3) is 0 Å². The molecule has 2 rings (SSSR count). The molecule has 0 aliphatic heterocycles. The van der Waals surface area contributed by atoms with E-state index in [1.165, 1.54) is 11.8 Å². The van der Waals surface area contributed by atoms with Crippen molar-refractivity contribution in [3.8, 4) is 5.69 Å². The van der Waals surface area contributed by atoms with Gasteiger partial charge >= 0.3 is 0 Å². The van der Waals surface area contributed by atoms with Gasteiger partial charge in [0.1, 0.15) is 0 Å². The molecule has 1 atom stereocenters. The Hall–Kier alpha value is -1.60. The Morgan fingerprint density at radius 3 is 2.85 bits per heavy atom. The normalized spacial score (nSPS) is 12.2. The number of aromatic nitrogens is 4. The van der Waals surface area contributed by atoms with Crippen molar-refractivity contribution in [3.05, 3.63) is 29.3 Å². The lowest BCUT2D eigenvalue weighted by atomic mass is 10.3. The van der Waals surface area contributed by atoms with Gasteiger partial charge in [-0.05, 0) is 35.5 Å². The van der Waals surface area contributed by atoms with Crippen LogP contribution in [0.15, 0.2) is 29.4 Å². The van der Waals surface area contributed by atoms with E-state index < -0.39 is 0 Å². The summed E-state index contributed by atoms with van der Waals surface area (Å²) in [5.74, 6) is 0.00986. The van der Waals surface area contributed by atoms with Crippen LogP contribution < -0.4 is 0 Å². The highest BCUT2D eigenvalue weighted by Crippen LogP contribution is 2.24. The molecular weight excluding hydrogens is 298 g/mol. The van der Waals surface area contributed by atoms with E-state index in [1.807, 2.05) is 19.1 Å². The van der Waals surface area contributed by atoms with Crippen molar-refractivity contribution < 1.29 is 4.79 Å². The summed E-state index contributed by atoms with van der Waals surface area (Å²) in [6.07, 6.45) is 0. The van der Waals surface area contributed by atoms with Gasteiger partial charge in [-0.25, -0.2) is 0 Å². The van der Waals surface area contributed by atoms with E-state index in [-0.39, 0.29) is 11.2 Å². The van der Waals surface area contributed by atoms with Crippen molar-refractivity contribution in [3.63, 3.8) is 0 Å². The summed E-state index contributed by atoms with van der Waals surface area (Å²) in [6, 6.07) is 7.22. The Bertz CT molecular complexity index is 615. The molecule has 0 radical (unpaired) electrons.